The van der Waals surface area contributed by atoms with Crippen LogP contribution in [0.5, 0.6) is 0 Å². The number of aromatic nitrogens is 1. The lowest BCUT2D eigenvalue weighted by atomic mass is 9.50. The van der Waals surface area contributed by atoms with Crippen LogP contribution in [0.3, 0.4) is 0 Å². The fraction of sp³-hybridized carbons (Fsp3) is 0.600. The highest BCUT2D eigenvalue weighted by molar-refractivity contribution is 9.10. The Bertz CT molecular complexity index is 1360. The van der Waals surface area contributed by atoms with Crippen molar-refractivity contribution in [3.8, 4) is 0 Å². The molecule has 5 aliphatic rings. The van der Waals surface area contributed by atoms with E-state index in [4.69, 9.17) is 14.6 Å². The Morgan fingerprint density at radius 3 is 2.66 bits per heavy atom. The first-order valence-corrected chi connectivity index (χ1v) is 14.6. The van der Waals surface area contributed by atoms with Gasteiger partial charge < -0.3 is 24.9 Å². The Morgan fingerprint density at radius 2 is 1.97 bits per heavy atom. The van der Waals surface area contributed by atoms with E-state index in [1.807, 2.05) is 19.9 Å². The summed E-state index contributed by atoms with van der Waals surface area (Å²) in [5, 5.41) is 11.6. The van der Waals surface area contributed by atoms with Crippen molar-refractivity contribution in [3.05, 3.63) is 45.6 Å². The summed E-state index contributed by atoms with van der Waals surface area (Å²) in [4.78, 5) is 26.5. The van der Waals surface area contributed by atoms with E-state index in [0.29, 0.717) is 17.8 Å². The summed E-state index contributed by atoms with van der Waals surface area (Å²) in [6, 6.07) is 6.60. The first kappa shape index (κ1) is 26.1. The summed E-state index contributed by atoms with van der Waals surface area (Å²) >= 11 is 3.66. The number of H-pyrrole nitrogens is 1. The summed E-state index contributed by atoms with van der Waals surface area (Å²) in [6.45, 7) is 10.0. The average molecular weight is 586 g/mol. The van der Waals surface area contributed by atoms with E-state index in [1.54, 1.807) is 13.8 Å². The van der Waals surface area contributed by atoms with Gasteiger partial charge in [-0.3, -0.25) is 4.79 Å². The number of fused-ring (bicyclic) bond motifs is 9. The number of ether oxygens (including phenoxy) is 2. The summed E-state index contributed by atoms with van der Waals surface area (Å²) in [6.07, 6.45) is 5.85. The van der Waals surface area contributed by atoms with Gasteiger partial charge in [-0.15, -0.1) is 0 Å². The van der Waals surface area contributed by atoms with Crippen LogP contribution in [-0.4, -0.2) is 45.5 Å². The molecule has 0 radical (unpaired) electrons. The molecule has 2 aliphatic heterocycles. The molecular formula is C30H37BrN2O5. The maximum atomic E-state index is 13.0. The SMILES string of the molecule is CC(C)NC(=O)O.CC1(C)OC23CCC4(C)C(CCC5Cc6c([nH]c7ccc(Br)cc67)C54)C2=CC(=O)C1O3. The van der Waals surface area contributed by atoms with Crippen LogP contribution in [0.15, 0.2) is 34.3 Å². The van der Waals surface area contributed by atoms with E-state index < -0.39 is 23.6 Å². The van der Waals surface area contributed by atoms with Crippen molar-refractivity contribution < 1.29 is 24.2 Å². The lowest BCUT2D eigenvalue weighted by Crippen LogP contribution is -2.54. The van der Waals surface area contributed by atoms with Gasteiger partial charge in [-0.25, -0.2) is 4.79 Å². The molecule has 204 valence electrons. The Morgan fingerprint density at radius 1 is 1.21 bits per heavy atom. The van der Waals surface area contributed by atoms with Gasteiger partial charge in [0.25, 0.3) is 0 Å². The molecule has 3 fully saturated rings. The van der Waals surface area contributed by atoms with Crippen molar-refractivity contribution in [2.75, 3.05) is 0 Å². The van der Waals surface area contributed by atoms with Gasteiger partial charge >= 0.3 is 6.09 Å². The fourth-order valence-electron chi connectivity index (χ4n) is 8.25. The number of carboxylic acid groups (broad SMARTS) is 1. The maximum absolute atomic E-state index is 13.0. The molecule has 1 amide bonds. The molecular weight excluding hydrogens is 548 g/mol. The van der Waals surface area contributed by atoms with Gasteiger partial charge in [-0.1, -0.05) is 22.9 Å². The van der Waals surface area contributed by atoms with Gasteiger partial charge in [0.15, 0.2) is 17.7 Å². The van der Waals surface area contributed by atoms with Crippen molar-refractivity contribution in [3.63, 3.8) is 0 Å². The molecule has 8 heteroatoms. The number of nitrogens with one attached hydrogen (secondary N) is 2. The monoisotopic (exact) mass is 584 g/mol. The number of aromatic amines is 1. The predicted octanol–water partition coefficient (Wildman–Crippen LogP) is 6.46. The molecule has 2 bridgehead atoms. The zero-order valence-corrected chi connectivity index (χ0v) is 24.3. The van der Waals surface area contributed by atoms with Crippen LogP contribution in [0.4, 0.5) is 4.79 Å². The van der Waals surface area contributed by atoms with Crippen LogP contribution in [0.25, 0.3) is 10.9 Å². The molecule has 1 saturated heterocycles. The van der Waals surface area contributed by atoms with E-state index in [0.717, 1.165) is 35.7 Å². The number of rotatable bonds is 1. The smallest absolute Gasteiger partial charge is 0.404 e. The lowest BCUT2D eigenvalue weighted by molar-refractivity contribution is -0.199. The number of hydrogen-bond donors (Lipinski definition) is 3. The molecule has 6 unspecified atom stereocenters. The van der Waals surface area contributed by atoms with Crippen molar-refractivity contribution in [1.82, 2.24) is 10.3 Å². The second-order valence-corrected chi connectivity index (χ2v) is 13.8. The molecule has 7 nitrogen and oxygen atoms in total. The summed E-state index contributed by atoms with van der Waals surface area (Å²) in [7, 11) is 0. The van der Waals surface area contributed by atoms with Crippen molar-refractivity contribution in [1.29, 1.82) is 0 Å². The number of benzene rings is 1. The second kappa shape index (κ2) is 8.67. The molecule has 3 N–H and O–H groups in total. The molecule has 2 saturated carbocycles. The van der Waals surface area contributed by atoms with E-state index in [-0.39, 0.29) is 17.2 Å². The standard InChI is InChI=1S/C26H28BrNO3.C4H9NO2/c1-24(2)23-20(29)12-18-17-6-4-13-10-16-15-11-14(27)5-7-19(15)28-22(16)21(13)25(17,3)8-9-26(18,30-23)31-24;1-3(2)5-4(6)7/h5,7,11-13,17,21,23,28H,4,6,8-10H2,1-3H3;3,5H,1-2H3,(H,6,7). The Labute approximate surface area is 231 Å². The lowest BCUT2D eigenvalue weighted by Gasteiger charge is -2.57. The number of hydrogen-bond acceptors (Lipinski definition) is 4. The zero-order chi connectivity index (χ0) is 27.2. The molecule has 3 heterocycles. The Balaban J connectivity index is 0.000000337. The molecule has 38 heavy (non-hydrogen) atoms. The van der Waals surface area contributed by atoms with E-state index >= 15 is 0 Å². The molecule has 1 spiro atoms. The van der Waals surface area contributed by atoms with E-state index in [9.17, 15) is 9.59 Å². The van der Waals surface area contributed by atoms with Crippen LogP contribution in [0.2, 0.25) is 0 Å². The highest BCUT2D eigenvalue weighted by Crippen LogP contribution is 2.68. The van der Waals surface area contributed by atoms with Gasteiger partial charge in [0.1, 0.15) is 5.60 Å². The molecule has 1 aromatic heterocycles. The Hall–Kier alpha value is -2.16. The first-order chi connectivity index (χ1) is 17.8. The number of carbonyl (C=O) groups is 2. The summed E-state index contributed by atoms with van der Waals surface area (Å²) in [5.74, 6) is 0.890. The average Bonchev–Trinajstić information content (AvgIpc) is 3.42. The van der Waals surface area contributed by atoms with Gasteiger partial charge in [0.05, 0.1) is 0 Å². The third kappa shape index (κ3) is 3.81. The second-order valence-electron chi connectivity index (χ2n) is 12.8. The highest BCUT2D eigenvalue weighted by atomic mass is 79.9. The topological polar surface area (TPSA) is 101 Å². The van der Waals surface area contributed by atoms with Gasteiger partial charge in [-0.05, 0) is 106 Å². The number of ketones is 1. The van der Waals surface area contributed by atoms with Gasteiger partial charge in [0, 0.05) is 39.5 Å². The number of carbonyl (C=O) groups excluding carboxylic acids is 1. The van der Waals surface area contributed by atoms with Crippen molar-refractivity contribution >= 4 is 38.7 Å². The molecule has 3 aliphatic carbocycles. The number of halogens is 1. The van der Waals surface area contributed by atoms with E-state index in [1.165, 1.54) is 28.6 Å². The van der Waals surface area contributed by atoms with Crippen molar-refractivity contribution in [2.24, 2.45) is 17.3 Å². The van der Waals surface area contributed by atoms with Crippen LogP contribution >= 0.6 is 15.9 Å². The first-order valence-electron chi connectivity index (χ1n) is 13.8. The molecule has 7 rings (SSSR count). The quantitative estimate of drug-likeness (QED) is 0.357. The van der Waals surface area contributed by atoms with Crippen LogP contribution in [-0.2, 0) is 20.7 Å². The maximum Gasteiger partial charge on any atom is 0.404 e. The van der Waals surface area contributed by atoms with E-state index in [2.05, 4.69) is 51.4 Å². The van der Waals surface area contributed by atoms with Crippen molar-refractivity contribution in [2.45, 2.75) is 96.2 Å². The van der Waals surface area contributed by atoms with Crippen LogP contribution in [0, 0.1) is 17.3 Å². The fourth-order valence-corrected chi connectivity index (χ4v) is 8.61. The van der Waals surface area contributed by atoms with Crippen LogP contribution < -0.4 is 5.32 Å². The zero-order valence-electron chi connectivity index (χ0n) is 22.7. The summed E-state index contributed by atoms with van der Waals surface area (Å²) in [5.41, 5.74) is 4.86. The number of amides is 1. The molecule has 6 atom stereocenters. The molecule has 1 aromatic carbocycles. The minimum atomic E-state index is -0.963. The van der Waals surface area contributed by atoms with Crippen LogP contribution in [0.1, 0.15) is 77.5 Å². The predicted molar refractivity (Wildman–Crippen MR) is 148 cm³/mol. The largest absolute Gasteiger partial charge is 0.465 e. The van der Waals surface area contributed by atoms with Gasteiger partial charge in [0.2, 0.25) is 0 Å². The minimum absolute atomic E-state index is 0.0255. The Kier molecular flexibility index (Phi) is 5.95. The highest BCUT2D eigenvalue weighted by Gasteiger charge is 2.66. The molecule has 2 aromatic rings. The minimum Gasteiger partial charge on any atom is -0.465 e. The normalized spacial score (nSPS) is 36.0. The third-order valence-electron chi connectivity index (χ3n) is 9.63. The van der Waals surface area contributed by atoms with Gasteiger partial charge in [-0.2, -0.15) is 0 Å². The summed E-state index contributed by atoms with van der Waals surface area (Å²) < 4.78 is 14.1. The third-order valence-corrected chi connectivity index (χ3v) is 10.1.